The van der Waals surface area contributed by atoms with Gasteiger partial charge >= 0.3 is 6.18 Å². The Morgan fingerprint density at radius 3 is 2.35 bits per heavy atom. The highest BCUT2D eigenvalue weighted by molar-refractivity contribution is 5.97. The van der Waals surface area contributed by atoms with Crippen LogP contribution in [0, 0.1) is 0 Å². The Kier molecular flexibility index (Phi) is 8.63. The summed E-state index contributed by atoms with van der Waals surface area (Å²) >= 11 is 0. The summed E-state index contributed by atoms with van der Waals surface area (Å²) in [7, 11) is 1.73. The van der Waals surface area contributed by atoms with Gasteiger partial charge in [0.2, 0.25) is 5.91 Å². The van der Waals surface area contributed by atoms with Gasteiger partial charge in [-0.05, 0) is 26.1 Å². The van der Waals surface area contributed by atoms with Crippen molar-refractivity contribution in [3.05, 3.63) is 35.4 Å². The van der Waals surface area contributed by atoms with Crippen LogP contribution in [0.3, 0.4) is 0 Å². The minimum absolute atomic E-state index is 0. The predicted octanol–water partition coefficient (Wildman–Crippen LogP) is 1.58. The van der Waals surface area contributed by atoms with E-state index in [1.165, 1.54) is 12.1 Å². The van der Waals surface area contributed by atoms with Gasteiger partial charge in [0, 0.05) is 12.6 Å². The lowest BCUT2D eigenvalue weighted by molar-refractivity contribution is -0.137. The van der Waals surface area contributed by atoms with Gasteiger partial charge in [0.1, 0.15) is 0 Å². The number of amides is 2. The van der Waals surface area contributed by atoms with Crippen LogP contribution in [0.15, 0.2) is 24.3 Å². The van der Waals surface area contributed by atoms with E-state index >= 15 is 0 Å². The lowest BCUT2D eigenvalue weighted by Gasteiger charge is -2.13. The van der Waals surface area contributed by atoms with E-state index in [0.717, 1.165) is 12.1 Å². The average Bonchev–Trinajstić information content (AvgIpc) is 2.49. The molecule has 1 aromatic carbocycles. The number of rotatable bonds is 6. The molecule has 0 aromatic heterocycles. The van der Waals surface area contributed by atoms with Crippen molar-refractivity contribution in [1.82, 2.24) is 16.0 Å². The number of nitrogens with one attached hydrogen (secondary N) is 3. The first-order valence-corrected chi connectivity index (χ1v) is 6.64. The number of hydrogen-bond donors (Lipinski definition) is 3. The zero-order valence-corrected chi connectivity index (χ0v) is 13.5. The van der Waals surface area contributed by atoms with Gasteiger partial charge in [-0.25, -0.2) is 0 Å². The van der Waals surface area contributed by atoms with Gasteiger partial charge in [-0.2, -0.15) is 13.2 Å². The Balaban J connectivity index is 0.00000484. The molecule has 0 heterocycles. The van der Waals surface area contributed by atoms with Crippen LogP contribution in [0.1, 0.15) is 22.8 Å². The molecule has 0 aliphatic carbocycles. The van der Waals surface area contributed by atoms with Gasteiger partial charge in [0.05, 0.1) is 17.7 Å². The standard InChI is InChI=1S/C14H18F3N3O2.ClH/c1-9(18-2)7-19-12(21)8-20-13(22)10-5-3-4-6-11(10)14(15,16)17;/h3-6,9,18H,7-8H2,1-2H3,(H,19,21)(H,20,22);1H. The number of carbonyl (C=O) groups excluding carboxylic acids is 2. The zero-order valence-electron chi connectivity index (χ0n) is 12.7. The summed E-state index contributed by atoms with van der Waals surface area (Å²) in [6.07, 6.45) is -4.63. The summed E-state index contributed by atoms with van der Waals surface area (Å²) in [5, 5.41) is 7.64. The maximum absolute atomic E-state index is 12.8. The second kappa shape index (κ2) is 9.36. The summed E-state index contributed by atoms with van der Waals surface area (Å²) in [6.45, 7) is 1.81. The van der Waals surface area contributed by atoms with Gasteiger partial charge in [-0.15, -0.1) is 12.4 Å². The smallest absolute Gasteiger partial charge is 0.353 e. The molecule has 9 heteroatoms. The fourth-order valence-electron chi connectivity index (χ4n) is 1.62. The largest absolute Gasteiger partial charge is 0.417 e. The molecule has 0 aliphatic heterocycles. The van der Waals surface area contributed by atoms with E-state index in [0.29, 0.717) is 6.54 Å². The van der Waals surface area contributed by atoms with Crippen molar-refractivity contribution in [1.29, 1.82) is 0 Å². The lowest BCUT2D eigenvalue weighted by Crippen LogP contribution is -2.42. The summed E-state index contributed by atoms with van der Waals surface area (Å²) in [5.74, 6) is -1.41. The average molecular weight is 354 g/mol. The molecule has 1 rings (SSSR count). The summed E-state index contributed by atoms with van der Waals surface area (Å²) < 4.78 is 38.4. The van der Waals surface area contributed by atoms with Crippen molar-refractivity contribution in [2.75, 3.05) is 20.1 Å². The molecule has 0 aliphatic rings. The second-order valence-electron chi connectivity index (χ2n) is 4.72. The molecular weight excluding hydrogens is 335 g/mol. The topological polar surface area (TPSA) is 70.2 Å². The molecule has 1 unspecified atom stereocenters. The Bertz CT molecular complexity index is 538. The van der Waals surface area contributed by atoms with Crippen molar-refractivity contribution in [3.8, 4) is 0 Å². The van der Waals surface area contributed by atoms with Crippen molar-refractivity contribution < 1.29 is 22.8 Å². The fourth-order valence-corrected chi connectivity index (χ4v) is 1.62. The molecule has 3 N–H and O–H groups in total. The van der Waals surface area contributed by atoms with E-state index in [-0.39, 0.29) is 25.0 Å². The third-order valence-corrected chi connectivity index (χ3v) is 2.98. The van der Waals surface area contributed by atoms with Gasteiger partial charge < -0.3 is 16.0 Å². The van der Waals surface area contributed by atoms with Gasteiger partial charge in [0.25, 0.3) is 5.91 Å². The summed E-state index contributed by atoms with van der Waals surface area (Å²) in [5.41, 5.74) is -1.54. The first-order chi connectivity index (χ1) is 10.3. The quantitative estimate of drug-likeness (QED) is 0.727. The normalized spacial score (nSPS) is 12.0. The SMILES string of the molecule is CNC(C)CNC(=O)CNC(=O)c1ccccc1C(F)(F)F.Cl. The van der Waals surface area contributed by atoms with E-state index in [1.807, 2.05) is 6.92 Å². The maximum atomic E-state index is 12.8. The van der Waals surface area contributed by atoms with E-state index < -0.39 is 29.1 Å². The number of alkyl halides is 3. The van der Waals surface area contributed by atoms with Crippen LogP contribution in [0.4, 0.5) is 13.2 Å². The van der Waals surface area contributed by atoms with Crippen LogP contribution < -0.4 is 16.0 Å². The molecule has 1 atom stereocenters. The first kappa shape index (κ1) is 21.2. The summed E-state index contributed by atoms with van der Waals surface area (Å²) in [6, 6.07) is 4.47. The maximum Gasteiger partial charge on any atom is 0.417 e. The lowest BCUT2D eigenvalue weighted by atomic mass is 10.1. The van der Waals surface area contributed by atoms with Crippen molar-refractivity contribution >= 4 is 24.2 Å². The number of likely N-dealkylation sites (N-methyl/N-ethyl adjacent to an activating group) is 1. The number of hydrogen-bond acceptors (Lipinski definition) is 3. The number of benzene rings is 1. The molecule has 0 saturated heterocycles. The Labute approximate surface area is 138 Å². The highest BCUT2D eigenvalue weighted by Gasteiger charge is 2.34. The number of halogens is 4. The van der Waals surface area contributed by atoms with Crippen LogP contribution in [0.5, 0.6) is 0 Å². The highest BCUT2D eigenvalue weighted by Crippen LogP contribution is 2.31. The van der Waals surface area contributed by atoms with Crippen molar-refractivity contribution in [3.63, 3.8) is 0 Å². The minimum atomic E-state index is -4.63. The molecule has 0 radical (unpaired) electrons. The molecule has 5 nitrogen and oxygen atoms in total. The van der Waals surface area contributed by atoms with Crippen LogP contribution >= 0.6 is 12.4 Å². The summed E-state index contributed by atoms with van der Waals surface area (Å²) in [4.78, 5) is 23.3. The van der Waals surface area contributed by atoms with Crippen LogP contribution in [-0.2, 0) is 11.0 Å². The molecule has 0 spiro atoms. The molecular formula is C14H19ClF3N3O2. The molecule has 130 valence electrons. The van der Waals surface area contributed by atoms with Gasteiger partial charge in [-0.1, -0.05) is 12.1 Å². The van der Waals surface area contributed by atoms with Crippen LogP contribution in [0.2, 0.25) is 0 Å². The van der Waals surface area contributed by atoms with Crippen LogP contribution in [-0.4, -0.2) is 38.0 Å². The Hall–Kier alpha value is -1.80. The third-order valence-electron chi connectivity index (χ3n) is 2.98. The minimum Gasteiger partial charge on any atom is -0.353 e. The van der Waals surface area contributed by atoms with E-state index in [1.54, 1.807) is 7.05 Å². The fraction of sp³-hybridized carbons (Fsp3) is 0.429. The first-order valence-electron chi connectivity index (χ1n) is 6.64. The van der Waals surface area contributed by atoms with Crippen LogP contribution in [0.25, 0.3) is 0 Å². The molecule has 2 amide bonds. The third kappa shape index (κ3) is 6.87. The molecule has 1 aromatic rings. The second-order valence-corrected chi connectivity index (χ2v) is 4.72. The van der Waals surface area contributed by atoms with E-state index in [2.05, 4.69) is 16.0 Å². The molecule has 23 heavy (non-hydrogen) atoms. The molecule has 0 saturated carbocycles. The predicted molar refractivity (Wildman–Crippen MR) is 82.6 cm³/mol. The van der Waals surface area contributed by atoms with Gasteiger partial charge in [-0.3, -0.25) is 9.59 Å². The monoisotopic (exact) mass is 353 g/mol. The number of carbonyl (C=O) groups is 2. The highest BCUT2D eigenvalue weighted by atomic mass is 35.5. The Morgan fingerprint density at radius 2 is 1.78 bits per heavy atom. The van der Waals surface area contributed by atoms with Gasteiger partial charge in [0.15, 0.2) is 0 Å². The van der Waals surface area contributed by atoms with Crippen molar-refractivity contribution in [2.24, 2.45) is 0 Å². The molecule has 0 fully saturated rings. The molecule has 0 bridgehead atoms. The zero-order chi connectivity index (χ0) is 16.8. The van der Waals surface area contributed by atoms with Crippen molar-refractivity contribution in [2.45, 2.75) is 19.1 Å². The van der Waals surface area contributed by atoms with E-state index in [9.17, 15) is 22.8 Å². The van der Waals surface area contributed by atoms with E-state index in [4.69, 9.17) is 0 Å². The Morgan fingerprint density at radius 1 is 1.17 bits per heavy atom.